The zero-order chi connectivity index (χ0) is 17.2. The monoisotopic (exact) mass is 340 g/mol. The lowest BCUT2D eigenvalue weighted by Crippen LogP contribution is -2.45. The molecule has 1 aromatic carbocycles. The van der Waals surface area contributed by atoms with Gasteiger partial charge < -0.3 is 15.2 Å². The van der Waals surface area contributed by atoms with E-state index in [0.29, 0.717) is 12.8 Å². The lowest BCUT2D eigenvalue weighted by atomic mass is 10.1. The van der Waals surface area contributed by atoms with Crippen molar-refractivity contribution in [1.29, 1.82) is 0 Å². The van der Waals surface area contributed by atoms with E-state index in [1.54, 1.807) is 0 Å². The zero-order valence-electron chi connectivity index (χ0n) is 14.3. The van der Waals surface area contributed by atoms with E-state index in [2.05, 4.69) is 39.5 Å². The summed E-state index contributed by atoms with van der Waals surface area (Å²) in [4.78, 5) is 31.6. The van der Waals surface area contributed by atoms with Crippen molar-refractivity contribution in [3.63, 3.8) is 0 Å². The van der Waals surface area contributed by atoms with Gasteiger partial charge in [-0.25, -0.2) is 0 Å². The molecule has 2 amide bonds. The summed E-state index contributed by atoms with van der Waals surface area (Å²) in [5, 5.41) is 4.03. The molecule has 1 atom stereocenters. The van der Waals surface area contributed by atoms with E-state index in [-0.39, 0.29) is 17.9 Å². The summed E-state index contributed by atoms with van der Waals surface area (Å²) in [6.45, 7) is 4.24. The Morgan fingerprint density at radius 2 is 2.08 bits per heavy atom. The molecule has 1 aromatic heterocycles. The van der Waals surface area contributed by atoms with E-state index >= 15 is 0 Å². The van der Waals surface area contributed by atoms with Crippen molar-refractivity contribution in [2.75, 3.05) is 26.2 Å². The van der Waals surface area contributed by atoms with E-state index in [0.717, 1.165) is 39.1 Å². The van der Waals surface area contributed by atoms with Gasteiger partial charge in [0.2, 0.25) is 11.8 Å². The largest absolute Gasteiger partial charge is 0.361 e. The molecule has 0 saturated carbocycles. The van der Waals surface area contributed by atoms with E-state index in [1.807, 2.05) is 11.1 Å². The number of carbonyl (C=O) groups excluding carboxylic acids is 2. The molecule has 0 bridgehead atoms. The third-order valence-corrected chi connectivity index (χ3v) is 5.26. The Morgan fingerprint density at radius 3 is 2.92 bits per heavy atom. The predicted octanol–water partition coefficient (Wildman–Crippen LogP) is 1.48. The van der Waals surface area contributed by atoms with Crippen LogP contribution in [-0.2, 0) is 16.1 Å². The molecular formula is C19H24N4O2. The number of benzene rings is 1. The maximum Gasteiger partial charge on any atom is 0.245 e. The van der Waals surface area contributed by atoms with E-state index in [9.17, 15) is 9.59 Å². The van der Waals surface area contributed by atoms with Crippen LogP contribution in [0.15, 0.2) is 30.5 Å². The minimum absolute atomic E-state index is 0.00570. The maximum absolute atomic E-state index is 12.6. The molecule has 2 fully saturated rings. The summed E-state index contributed by atoms with van der Waals surface area (Å²) < 4.78 is 0. The number of aromatic nitrogens is 1. The second-order valence-corrected chi connectivity index (χ2v) is 6.97. The van der Waals surface area contributed by atoms with E-state index < -0.39 is 0 Å². The number of nitrogens with one attached hydrogen (secondary N) is 2. The van der Waals surface area contributed by atoms with Crippen molar-refractivity contribution in [3.8, 4) is 0 Å². The molecule has 2 saturated heterocycles. The van der Waals surface area contributed by atoms with Crippen LogP contribution in [0.3, 0.4) is 0 Å². The molecule has 0 aliphatic carbocycles. The molecule has 132 valence electrons. The average Bonchev–Trinajstić information content (AvgIpc) is 3.20. The first-order valence-corrected chi connectivity index (χ1v) is 9.06. The Hall–Kier alpha value is -2.34. The highest BCUT2D eigenvalue weighted by Gasteiger charge is 2.31. The molecule has 6 nitrogen and oxygen atoms in total. The van der Waals surface area contributed by atoms with Crippen LogP contribution < -0.4 is 5.32 Å². The van der Waals surface area contributed by atoms with Gasteiger partial charge in [-0.05, 0) is 29.9 Å². The van der Waals surface area contributed by atoms with Gasteiger partial charge in [-0.15, -0.1) is 0 Å². The molecule has 3 heterocycles. The molecule has 2 aliphatic heterocycles. The van der Waals surface area contributed by atoms with Crippen LogP contribution in [0.5, 0.6) is 0 Å². The highest BCUT2D eigenvalue weighted by Crippen LogP contribution is 2.19. The molecule has 4 rings (SSSR count). The van der Waals surface area contributed by atoms with Crippen molar-refractivity contribution in [1.82, 2.24) is 20.1 Å². The molecule has 1 unspecified atom stereocenters. The molecule has 6 heteroatoms. The standard InChI is InChI=1S/C19H24N4O2/c24-17-6-5-16(21-17)19(25)23-10-2-9-22(11-12-23)13-15-4-1-3-14-7-8-20-18(14)15/h1,3-4,7-8,16,20H,2,5-6,9-13H2,(H,21,24). The van der Waals surface area contributed by atoms with Crippen LogP contribution in [0.25, 0.3) is 10.9 Å². The van der Waals surface area contributed by atoms with Gasteiger partial charge in [-0.1, -0.05) is 18.2 Å². The van der Waals surface area contributed by atoms with Crippen LogP contribution >= 0.6 is 0 Å². The first-order chi connectivity index (χ1) is 12.2. The van der Waals surface area contributed by atoms with Gasteiger partial charge >= 0.3 is 0 Å². The second kappa shape index (κ2) is 6.88. The molecule has 2 N–H and O–H groups in total. The number of hydrogen-bond donors (Lipinski definition) is 2. The lowest BCUT2D eigenvalue weighted by Gasteiger charge is -2.24. The molecule has 0 spiro atoms. The number of para-hydroxylation sites is 1. The van der Waals surface area contributed by atoms with Gasteiger partial charge in [0.1, 0.15) is 6.04 Å². The number of nitrogens with zero attached hydrogens (tertiary/aromatic N) is 2. The van der Waals surface area contributed by atoms with Gasteiger partial charge in [0.15, 0.2) is 0 Å². The molecular weight excluding hydrogens is 316 g/mol. The van der Waals surface area contributed by atoms with Crippen LogP contribution in [0.2, 0.25) is 0 Å². The van der Waals surface area contributed by atoms with Crippen molar-refractivity contribution in [2.45, 2.75) is 31.8 Å². The predicted molar refractivity (Wildman–Crippen MR) is 95.9 cm³/mol. The molecule has 25 heavy (non-hydrogen) atoms. The number of aromatic amines is 1. The highest BCUT2D eigenvalue weighted by atomic mass is 16.2. The maximum atomic E-state index is 12.6. The van der Waals surface area contributed by atoms with Gasteiger partial charge in [0.25, 0.3) is 0 Å². The van der Waals surface area contributed by atoms with Gasteiger partial charge in [-0.3, -0.25) is 14.5 Å². The first kappa shape index (κ1) is 16.1. The Balaban J connectivity index is 1.39. The summed E-state index contributed by atoms with van der Waals surface area (Å²) in [6, 6.07) is 8.17. The van der Waals surface area contributed by atoms with Crippen LogP contribution in [-0.4, -0.2) is 58.8 Å². The number of rotatable bonds is 3. The smallest absolute Gasteiger partial charge is 0.245 e. The number of carbonyl (C=O) groups is 2. The van der Waals surface area contributed by atoms with Gasteiger partial charge in [0, 0.05) is 50.9 Å². The minimum atomic E-state index is -0.313. The van der Waals surface area contributed by atoms with Crippen molar-refractivity contribution in [2.24, 2.45) is 0 Å². The Morgan fingerprint density at radius 1 is 1.16 bits per heavy atom. The number of amides is 2. The fourth-order valence-corrected chi connectivity index (χ4v) is 3.89. The fraction of sp³-hybridized carbons (Fsp3) is 0.474. The van der Waals surface area contributed by atoms with Crippen LogP contribution in [0.4, 0.5) is 0 Å². The SMILES string of the molecule is O=C1CCC(C(=O)N2CCCN(Cc3cccc4cc[nH]c34)CC2)N1. The van der Waals surface area contributed by atoms with E-state index in [1.165, 1.54) is 16.5 Å². The second-order valence-electron chi connectivity index (χ2n) is 6.97. The Labute approximate surface area is 147 Å². The quantitative estimate of drug-likeness (QED) is 0.889. The van der Waals surface area contributed by atoms with E-state index in [4.69, 9.17) is 0 Å². The number of H-pyrrole nitrogens is 1. The van der Waals surface area contributed by atoms with Crippen molar-refractivity contribution in [3.05, 3.63) is 36.0 Å². The highest BCUT2D eigenvalue weighted by molar-refractivity contribution is 5.90. The number of fused-ring (bicyclic) bond motifs is 1. The molecule has 2 aromatic rings. The molecule has 0 radical (unpaired) electrons. The number of hydrogen-bond acceptors (Lipinski definition) is 3. The third kappa shape index (κ3) is 3.39. The third-order valence-electron chi connectivity index (χ3n) is 5.26. The summed E-state index contributed by atoms with van der Waals surface area (Å²) in [7, 11) is 0. The summed E-state index contributed by atoms with van der Waals surface area (Å²) in [5.41, 5.74) is 2.50. The van der Waals surface area contributed by atoms with Gasteiger partial charge in [0.05, 0.1) is 0 Å². The summed E-state index contributed by atoms with van der Waals surface area (Å²) in [5.74, 6) is 0.0769. The Bertz CT molecular complexity index is 785. The zero-order valence-corrected chi connectivity index (χ0v) is 14.3. The van der Waals surface area contributed by atoms with Crippen molar-refractivity contribution < 1.29 is 9.59 Å². The fourth-order valence-electron chi connectivity index (χ4n) is 3.89. The van der Waals surface area contributed by atoms with Crippen molar-refractivity contribution >= 4 is 22.7 Å². The topological polar surface area (TPSA) is 68.4 Å². The molecule has 2 aliphatic rings. The lowest BCUT2D eigenvalue weighted by molar-refractivity contribution is -0.134. The minimum Gasteiger partial charge on any atom is -0.361 e. The average molecular weight is 340 g/mol. The first-order valence-electron chi connectivity index (χ1n) is 9.06. The normalized spacial score (nSPS) is 22.2. The van der Waals surface area contributed by atoms with Gasteiger partial charge in [-0.2, -0.15) is 0 Å². The summed E-state index contributed by atoms with van der Waals surface area (Å²) in [6.07, 6.45) is 4.04. The van der Waals surface area contributed by atoms with Crippen LogP contribution in [0, 0.1) is 0 Å². The Kier molecular flexibility index (Phi) is 4.44. The van der Waals surface area contributed by atoms with Crippen LogP contribution in [0.1, 0.15) is 24.8 Å². The summed E-state index contributed by atoms with van der Waals surface area (Å²) >= 11 is 0.